The quantitative estimate of drug-likeness (QED) is 0.666. The van der Waals surface area contributed by atoms with Crippen molar-refractivity contribution in [3.63, 3.8) is 0 Å². The second kappa shape index (κ2) is 9.10. The Hall–Kier alpha value is -1.14. The van der Waals surface area contributed by atoms with Gasteiger partial charge in [-0.3, -0.25) is 14.5 Å². The molecule has 0 aliphatic carbocycles. The van der Waals surface area contributed by atoms with Gasteiger partial charge < -0.3 is 15.3 Å². The van der Waals surface area contributed by atoms with Gasteiger partial charge in [-0.15, -0.1) is 0 Å². The van der Waals surface area contributed by atoms with Gasteiger partial charge in [0.2, 0.25) is 11.8 Å². The van der Waals surface area contributed by atoms with Crippen LogP contribution in [0.5, 0.6) is 0 Å². The predicted molar refractivity (Wildman–Crippen MR) is 84.4 cm³/mol. The first kappa shape index (κ1) is 17.2. The second-order valence-corrected chi connectivity index (χ2v) is 6.34. The third kappa shape index (κ3) is 5.25. The number of nitrogens with one attached hydrogen (secondary N) is 1. The fourth-order valence-corrected chi connectivity index (χ4v) is 3.33. The van der Waals surface area contributed by atoms with Crippen LogP contribution in [0.1, 0.15) is 44.9 Å². The van der Waals surface area contributed by atoms with Crippen LogP contribution < -0.4 is 5.32 Å². The molecule has 0 spiro atoms. The highest BCUT2D eigenvalue weighted by molar-refractivity contribution is 5.85. The lowest BCUT2D eigenvalue weighted by Crippen LogP contribution is -2.44. The summed E-state index contributed by atoms with van der Waals surface area (Å²) >= 11 is 0. The van der Waals surface area contributed by atoms with Gasteiger partial charge >= 0.3 is 0 Å². The molecule has 6 heteroatoms. The van der Waals surface area contributed by atoms with E-state index in [1.54, 1.807) is 4.90 Å². The number of hydrogen-bond acceptors (Lipinski definition) is 4. The standard InChI is InChI=1S/C16H29N3O3/c20-13-14-6-1-3-9-18(14)11-5-8-17-15(21)12-19-10-4-2-7-16(19)22/h14,20H,1-13H2,(H,17,21)/t14-/m0/s1. The summed E-state index contributed by atoms with van der Waals surface area (Å²) in [7, 11) is 0. The molecule has 2 saturated heterocycles. The topological polar surface area (TPSA) is 72.9 Å². The van der Waals surface area contributed by atoms with Crippen LogP contribution >= 0.6 is 0 Å². The van der Waals surface area contributed by atoms with Gasteiger partial charge in [-0.25, -0.2) is 0 Å². The third-order valence-corrected chi connectivity index (χ3v) is 4.66. The molecule has 2 heterocycles. The zero-order valence-electron chi connectivity index (χ0n) is 13.4. The Morgan fingerprint density at radius 3 is 2.82 bits per heavy atom. The van der Waals surface area contributed by atoms with Gasteiger partial charge in [0, 0.05) is 32.1 Å². The van der Waals surface area contributed by atoms with E-state index in [1.807, 2.05) is 0 Å². The highest BCUT2D eigenvalue weighted by Gasteiger charge is 2.22. The van der Waals surface area contributed by atoms with E-state index < -0.39 is 0 Å². The number of piperidine rings is 2. The summed E-state index contributed by atoms with van der Waals surface area (Å²) in [6.07, 6.45) is 6.86. The normalized spacial score (nSPS) is 23.6. The molecule has 2 fully saturated rings. The lowest BCUT2D eigenvalue weighted by molar-refractivity contribution is -0.137. The average molecular weight is 311 g/mol. The maximum Gasteiger partial charge on any atom is 0.239 e. The van der Waals surface area contributed by atoms with Crippen LogP contribution in [0.2, 0.25) is 0 Å². The first-order valence-corrected chi connectivity index (χ1v) is 8.60. The molecule has 0 unspecified atom stereocenters. The molecule has 0 aromatic rings. The Labute approximate surface area is 132 Å². The fourth-order valence-electron chi connectivity index (χ4n) is 3.33. The summed E-state index contributed by atoms with van der Waals surface area (Å²) in [5, 5.41) is 12.3. The average Bonchev–Trinajstić information content (AvgIpc) is 2.54. The Morgan fingerprint density at radius 1 is 1.23 bits per heavy atom. The van der Waals surface area contributed by atoms with Crippen molar-refractivity contribution in [1.29, 1.82) is 0 Å². The number of nitrogens with zero attached hydrogens (tertiary/aromatic N) is 2. The monoisotopic (exact) mass is 311 g/mol. The van der Waals surface area contributed by atoms with Crippen LogP contribution in [0.25, 0.3) is 0 Å². The Morgan fingerprint density at radius 2 is 2.05 bits per heavy atom. The van der Waals surface area contributed by atoms with E-state index in [1.165, 1.54) is 12.8 Å². The summed E-state index contributed by atoms with van der Waals surface area (Å²) < 4.78 is 0. The van der Waals surface area contributed by atoms with E-state index in [9.17, 15) is 14.7 Å². The zero-order chi connectivity index (χ0) is 15.8. The minimum absolute atomic E-state index is 0.0624. The van der Waals surface area contributed by atoms with Crippen molar-refractivity contribution >= 4 is 11.8 Å². The first-order valence-electron chi connectivity index (χ1n) is 8.60. The van der Waals surface area contributed by atoms with Gasteiger partial charge in [0.1, 0.15) is 0 Å². The number of amides is 2. The van der Waals surface area contributed by atoms with E-state index in [4.69, 9.17) is 0 Å². The maximum atomic E-state index is 11.9. The van der Waals surface area contributed by atoms with Crippen LogP contribution in [-0.4, -0.2) is 72.1 Å². The number of rotatable bonds is 7. The van der Waals surface area contributed by atoms with Crippen molar-refractivity contribution in [2.45, 2.75) is 51.0 Å². The number of carbonyl (C=O) groups excluding carboxylic acids is 2. The largest absolute Gasteiger partial charge is 0.395 e. The molecule has 6 nitrogen and oxygen atoms in total. The van der Waals surface area contributed by atoms with Crippen LogP contribution in [0, 0.1) is 0 Å². The van der Waals surface area contributed by atoms with Gasteiger partial charge in [0.15, 0.2) is 0 Å². The van der Waals surface area contributed by atoms with Crippen molar-refractivity contribution in [3.05, 3.63) is 0 Å². The number of carbonyl (C=O) groups is 2. The van der Waals surface area contributed by atoms with E-state index >= 15 is 0 Å². The minimum Gasteiger partial charge on any atom is -0.395 e. The molecule has 2 N–H and O–H groups in total. The van der Waals surface area contributed by atoms with E-state index in [-0.39, 0.29) is 31.0 Å². The van der Waals surface area contributed by atoms with Crippen LogP contribution in [0.4, 0.5) is 0 Å². The molecule has 2 rings (SSSR count). The molecule has 0 saturated carbocycles. The molecule has 1 atom stereocenters. The fraction of sp³-hybridized carbons (Fsp3) is 0.875. The summed E-state index contributed by atoms with van der Waals surface area (Å²) in [5.74, 6) is 0.0353. The zero-order valence-corrected chi connectivity index (χ0v) is 13.4. The van der Waals surface area contributed by atoms with Crippen LogP contribution in [0.15, 0.2) is 0 Å². The third-order valence-electron chi connectivity index (χ3n) is 4.66. The highest BCUT2D eigenvalue weighted by Crippen LogP contribution is 2.16. The molecule has 126 valence electrons. The molecule has 2 amide bonds. The lowest BCUT2D eigenvalue weighted by Gasteiger charge is -2.34. The van der Waals surface area contributed by atoms with Gasteiger partial charge in [-0.2, -0.15) is 0 Å². The van der Waals surface area contributed by atoms with Gasteiger partial charge in [0.05, 0.1) is 13.2 Å². The number of likely N-dealkylation sites (tertiary alicyclic amines) is 2. The number of aliphatic hydroxyl groups excluding tert-OH is 1. The SMILES string of the molecule is O=C(CN1CCCCC1=O)NCCCN1CCCC[C@H]1CO. The molecular formula is C16H29N3O3. The van der Waals surface area contributed by atoms with Gasteiger partial charge in [-0.1, -0.05) is 6.42 Å². The predicted octanol–water partition coefficient (Wildman–Crippen LogP) is 0.352. The van der Waals surface area contributed by atoms with Gasteiger partial charge in [0.25, 0.3) is 0 Å². The Kier molecular flexibility index (Phi) is 7.12. The molecule has 22 heavy (non-hydrogen) atoms. The molecule has 0 aromatic heterocycles. The molecule has 2 aliphatic heterocycles. The van der Waals surface area contributed by atoms with E-state index in [0.29, 0.717) is 19.5 Å². The number of aliphatic hydroxyl groups is 1. The summed E-state index contributed by atoms with van der Waals surface area (Å²) in [6, 6.07) is 0.287. The maximum absolute atomic E-state index is 11.9. The summed E-state index contributed by atoms with van der Waals surface area (Å²) in [6.45, 7) is 3.72. The van der Waals surface area contributed by atoms with Crippen LogP contribution in [0.3, 0.4) is 0 Å². The van der Waals surface area contributed by atoms with Crippen molar-refractivity contribution in [2.24, 2.45) is 0 Å². The lowest BCUT2D eigenvalue weighted by atomic mass is 10.0. The summed E-state index contributed by atoms with van der Waals surface area (Å²) in [4.78, 5) is 27.5. The van der Waals surface area contributed by atoms with Crippen molar-refractivity contribution in [3.8, 4) is 0 Å². The first-order chi connectivity index (χ1) is 10.7. The van der Waals surface area contributed by atoms with Gasteiger partial charge in [-0.05, 0) is 38.6 Å². The summed E-state index contributed by atoms with van der Waals surface area (Å²) in [5.41, 5.74) is 0. The molecule has 0 radical (unpaired) electrons. The molecule has 0 aromatic carbocycles. The highest BCUT2D eigenvalue weighted by atomic mass is 16.3. The van der Waals surface area contributed by atoms with Crippen LogP contribution in [-0.2, 0) is 9.59 Å². The van der Waals surface area contributed by atoms with E-state index in [0.717, 1.165) is 38.8 Å². The van der Waals surface area contributed by atoms with Crippen molar-refractivity contribution < 1.29 is 14.7 Å². The number of hydrogen-bond donors (Lipinski definition) is 2. The van der Waals surface area contributed by atoms with Crippen molar-refractivity contribution in [1.82, 2.24) is 15.1 Å². The van der Waals surface area contributed by atoms with Crippen molar-refractivity contribution in [2.75, 3.05) is 39.3 Å². The molecular weight excluding hydrogens is 282 g/mol. The Balaban J connectivity index is 1.59. The minimum atomic E-state index is -0.0624. The van der Waals surface area contributed by atoms with E-state index in [2.05, 4.69) is 10.2 Å². The molecule has 2 aliphatic rings. The second-order valence-electron chi connectivity index (χ2n) is 6.34. The Bertz CT molecular complexity index is 376. The molecule has 0 bridgehead atoms. The smallest absolute Gasteiger partial charge is 0.239 e.